The molecule has 0 spiro atoms. The molecule has 0 fully saturated rings. The maximum absolute atomic E-state index is 13.2. The van der Waals surface area contributed by atoms with E-state index in [1.54, 1.807) is 13.0 Å². The van der Waals surface area contributed by atoms with Crippen LogP contribution in [-0.4, -0.2) is 73.8 Å². The Balaban J connectivity index is 1.88. The summed E-state index contributed by atoms with van der Waals surface area (Å²) in [5.41, 5.74) is 11.2. The second-order valence-electron chi connectivity index (χ2n) is 9.85. The van der Waals surface area contributed by atoms with Gasteiger partial charge in [0.15, 0.2) is 9.84 Å². The van der Waals surface area contributed by atoms with E-state index in [-0.39, 0.29) is 30.4 Å². The van der Waals surface area contributed by atoms with E-state index in [1.165, 1.54) is 0 Å². The van der Waals surface area contributed by atoms with Crippen LogP contribution in [0, 0.1) is 6.92 Å². The standard InChI is InChI=1S/C30H39N5O4S/c1-6-13-34(14-7-2)29(36)25-18-24-10-9-23(19-27(24)33-28(31)20-25)22-11-12-26(21(4)17-22)30(37)35(32-5)15-16-40(38,39)8-3/h9-12,17-19H,5-8,13-16,20H2,1-4H3,(H2,31,33). The van der Waals surface area contributed by atoms with Gasteiger partial charge >= 0.3 is 0 Å². The van der Waals surface area contributed by atoms with Crippen LogP contribution in [0.15, 0.2) is 52.1 Å². The Hall–Kier alpha value is -3.79. The first-order chi connectivity index (χ1) is 19.0. The topological polar surface area (TPSA) is 125 Å². The second kappa shape index (κ2) is 13.5. The van der Waals surface area contributed by atoms with Gasteiger partial charge in [0.05, 0.1) is 18.0 Å². The summed E-state index contributed by atoms with van der Waals surface area (Å²) in [5, 5.41) is 4.83. The summed E-state index contributed by atoms with van der Waals surface area (Å²) in [7, 11) is -3.25. The van der Waals surface area contributed by atoms with Crippen LogP contribution in [0.3, 0.4) is 0 Å². The molecule has 3 rings (SSSR count). The van der Waals surface area contributed by atoms with Crippen LogP contribution in [0.25, 0.3) is 17.2 Å². The first kappa shape index (κ1) is 30.7. The van der Waals surface area contributed by atoms with Crippen molar-refractivity contribution in [2.24, 2.45) is 15.8 Å². The van der Waals surface area contributed by atoms with E-state index >= 15 is 0 Å². The predicted octanol–water partition coefficient (Wildman–Crippen LogP) is 4.58. The third-order valence-electron chi connectivity index (χ3n) is 6.79. The molecule has 0 aromatic heterocycles. The number of aryl methyl sites for hydroxylation is 1. The quantitative estimate of drug-likeness (QED) is 0.298. The van der Waals surface area contributed by atoms with E-state index in [9.17, 15) is 18.0 Å². The first-order valence-electron chi connectivity index (χ1n) is 13.6. The Morgan fingerprint density at radius 3 is 2.25 bits per heavy atom. The molecule has 2 N–H and O–H groups in total. The molecule has 10 heteroatoms. The number of carbonyl (C=O) groups excluding carboxylic acids is 2. The lowest BCUT2D eigenvalue weighted by Crippen LogP contribution is -2.34. The molecule has 0 bridgehead atoms. The molecule has 40 heavy (non-hydrogen) atoms. The summed E-state index contributed by atoms with van der Waals surface area (Å²) in [6, 6.07) is 11.2. The van der Waals surface area contributed by atoms with Gasteiger partial charge in [-0.1, -0.05) is 45.0 Å². The lowest BCUT2D eigenvalue weighted by molar-refractivity contribution is -0.127. The largest absolute Gasteiger partial charge is 0.387 e. The van der Waals surface area contributed by atoms with Gasteiger partial charge in [-0.05, 0) is 54.7 Å². The molecule has 2 aromatic rings. The fourth-order valence-corrected chi connectivity index (χ4v) is 5.33. The highest BCUT2D eigenvalue weighted by Gasteiger charge is 2.22. The minimum absolute atomic E-state index is 0.0000580. The van der Waals surface area contributed by atoms with Gasteiger partial charge in [-0.15, -0.1) is 0 Å². The molecule has 0 saturated carbocycles. The SMILES string of the molecule is C=NN(CCS(=O)(=O)CC)C(=O)c1ccc(-c2ccc3c(c2)N=C(N)CC(C(=O)N(CCC)CCC)=C3)cc1C. The summed E-state index contributed by atoms with van der Waals surface area (Å²) < 4.78 is 23.8. The van der Waals surface area contributed by atoms with Crippen LogP contribution in [-0.2, 0) is 14.6 Å². The highest BCUT2D eigenvalue weighted by molar-refractivity contribution is 7.91. The summed E-state index contributed by atoms with van der Waals surface area (Å²) in [6.07, 6.45) is 3.94. The maximum atomic E-state index is 13.2. The van der Waals surface area contributed by atoms with Crippen molar-refractivity contribution >= 4 is 46.0 Å². The molecule has 0 atom stereocenters. The molecule has 0 aliphatic carbocycles. The van der Waals surface area contributed by atoms with Gasteiger partial charge in [-0.2, -0.15) is 5.10 Å². The van der Waals surface area contributed by atoms with Crippen molar-refractivity contribution in [2.75, 3.05) is 31.1 Å². The Bertz CT molecular complexity index is 1440. The molecular formula is C30H39N5O4S. The molecule has 0 saturated heterocycles. The Morgan fingerprint density at radius 1 is 1.00 bits per heavy atom. The molecule has 1 heterocycles. The molecule has 1 aliphatic heterocycles. The number of sulfone groups is 1. The normalized spacial score (nSPS) is 13.0. The van der Waals surface area contributed by atoms with Crippen molar-refractivity contribution in [3.63, 3.8) is 0 Å². The Kier molecular flexibility index (Phi) is 10.4. The van der Waals surface area contributed by atoms with Crippen molar-refractivity contribution in [1.82, 2.24) is 9.91 Å². The number of hydrogen-bond acceptors (Lipinski definition) is 7. The molecular weight excluding hydrogens is 526 g/mol. The van der Waals surface area contributed by atoms with E-state index in [0.717, 1.165) is 34.5 Å². The van der Waals surface area contributed by atoms with E-state index in [0.29, 0.717) is 41.3 Å². The van der Waals surface area contributed by atoms with Gasteiger partial charge in [0.2, 0.25) is 5.91 Å². The third kappa shape index (κ3) is 7.44. The Labute approximate surface area is 237 Å². The van der Waals surface area contributed by atoms with E-state index in [2.05, 4.69) is 30.7 Å². The smallest absolute Gasteiger partial charge is 0.274 e. The van der Waals surface area contributed by atoms with Gasteiger partial charge in [0, 0.05) is 48.7 Å². The van der Waals surface area contributed by atoms with E-state index < -0.39 is 15.7 Å². The molecule has 0 radical (unpaired) electrons. The third-order valence-corrected chi connectivity index (χ3v) is 8.48. The maximum Gasteiger partial charge on any atom is 0.274 e. The van der Waals surface area contributed by atoms with Crippen molar-refractivity contribution < 1.29 is 18.0 Å². The van der Waals surface area contributed by atoms with Crippen molar-refractivity contribution in [3.05, 3.63) is 58.7 Å². The summed E-state index contributed by atoms with van der Waals surface area (Å²) >= 11 is 0. The fourth-order valence-electron chi connectivity index (χ4n) is 4.59. The number of nitrogens with zero attached hydrogens (tertiary/aromatic N) is 4. The molecule has 2 aromatic carbocycles. The zero-order chi connectivity index (χ0) is 29.4. The van der Waals surface area contributed by atoms with Crippen molar-refractivity contribution in [1.29, 1.82) is 0 Å². The van der Waals surface area contributed by atoms with Crippen LogP contribution in [0.4, 0.5) is 5.69 Å². The van der Waals surface area contributed by atoms with Crippen molar-refractivity contribution in [2.45, 2.75) is 47.0 Å². The average Bonchev–Trinajstić information content (AvgIpc) is 3.10. The number of fused-ring (bicyclic) bond motifs is 1. The van der Waals surface area contributed by atoms with Crippen molar-refractivity contribution in [3.8, 4) is 11.1 Å². The summed E-state index contributed by atoms with van der Waals surface area (Å²) in [6.45, 7) is 12.3. The molecule has 1 aliphatic rings. The lowest BCUT2D eigenvalue weighted by atomic mass is 9.97. The molecule has 214 valence electrons. The summed E-state index contributed by atoms with van der Waals surface area (Å²) in [5.74, 6) is -0.221. The molecule has 9 nitrogen and oxygen atoms in total. The number of benzene rings is 2. The number of hydrazone groups is 1. The van der Waals surface area contributed by atoms with Gasteiger partial charge in [-0.3, -0.25) is 9.59 Å². The van der Waals surface area contributed by atoms with Crippen LogP contribution in [0.5, 0.6) is 0 Å². The molecule has 0 unspecified atom stereocenters. The second-order valence-corrected chi connectivity index (χ2v) is 12.3. The first-order valence-corrected chi connectivity index (χ1v) is 15.4. The van der Waals surface area contributed by atoms with Gasteiger partial charge in [-0.25, -0.2) is 18.4 Å². The number of amidine groups is 1. The van der Waals surface area contributed by atoms with Gasteiger partial charge in [0.1, 0.15) is 5.84 Å². The number of amides is 2. The summed E-state index contributed by atoms with van der Waals surface area (Å²) in [4.78, 5) is 32.8. The molecule has 2 amide bonds. The number of carbonyl (C=O) groups is 2. The number of rotatable bonds is 12. The number of hydrogen-bond donors (Lipinski definition) is 1. The van der Waals surface area contributed by atoms with E-state index in [4.69, 9.17) is 5.73 Å². The fraction of sp³-hybridized carbons (Fsp3) is 0.400. The zero-order valence-electron chi connectivity index (χ0n) is 23.8. The zero-order valence-corrected chi connectivity index (χ0v) is 24.6. The average molecular weight is 566 g/mol. The number of nitrogens with two attached hydrogens (primary N) is 1. The van der Waals surface area contributed by atoms with Crippen LogP contribution in [0.1, 0.15) is 61.5 Å². The lowest BCUT2D eigenvalue weighted by Gasteiger charge is -2.22. The highest BCUT2D eigenvalue weighted by Crippen LogP contribution is 2.33. The van der Waals surface area contributed by atoms with Gasteiger partial charge < -0.3 is 10.6 Å². The van der Waals surface area contributed by atoms with Crippen LogP contribution >= 0.6 is 0 Å². The Morgan fingerprint density at radius 2 is 1.65 bits per heavy atom. The highest BCUT2D eigenvalue weighted by atomic mass is 32.2. The monoisotopic (exact) mass is 565 g/mol. The predicted molar refractivity (Wildman–Crippen MR) is 163 cm³/mol. The minimum atomic E-state index is -3.25. The van der Waals surface area contributed by atoms with Crippen LogP contribution in [0.2, 0.25) is 0 Å². The van der Waals surface area contributed by atoms with Crippen LogP contribution < -0.4 is 5.73 Å². The van der Waals surface area contributed by atoms with E-state index in [1.807, 2.05) is 48.2 Å². The number of aliphatic imine (C=N–C) groups is 1. The minimum Gasteiger partial charge on any atom is -0.387 e. The van der Waals surface area contributed by atoms with Gasteiger partial charge in [0.25, 0.3) is 5.91 Å².